The summed E-state index contributed by atoms with van der Waals surface area (Å²) in [5, 5.41) is 10.4. The molecule has 0 aromatic heterocycles. The van der Waals surface area contributed by atoms with Crippen molar-refractivity contribution >= 4 is 41.5 Å². The number of rotatable bonds is 7. The maximum Gasteiger partial charge on any atom is 0.254 e. The molecule has 0 bridgehead atoms. The van der Waals surface area contributed by atoms with Crippen LogP contribution in [-0.4, -0.2) is 47.6 Å². The number of hydrogen-bond donors (Lipinski definition) is 1. The molecule has 1 saturated heterocycles. The van der Waals surface area contributed by atoms with Gasteiger partial charge in [-0.15, -0.1) is 12.4 Å². The first-order valence-electron chi connectivity index (χ1n) is 11.2. The maximum atomic E-state index is 12.7. The Balaban J connectivity index is 0.00000289. The van der Waals surface area contributed by atoms with Gasteiger partial charge in [-0.2, -0.15) is 0 Å². The van der Waals surface area contributed by atoms with Crippen molar-refractivity contribution in [2.75, 3.05) is 26.7 Å². The second-order valence-electron chi connectivity index (χ2n) is 8.78. The largest absolute Gasteiger partial charge is 0.396 e. The molecule has 4 nitrogen and oxygen atoms in total. The standard InChI is InChI=1S/C25H30Cl2N2O2.ClH/c1-28-24(19-4-2-3-5-20(19)25(28)31)9-8-23(18-6-7-21(26)22(27)16-18)29-13-10-17(11-14-29)12-15-30;/h2-7,16-17,23-24,30H,8-15H2,1H3;1H. The number of fused-ring (bicyclic) bond motifs is 1. The Labute approximate surface area is 206 Å². The first-order valence-corrected chi connectivity index (χ1v) is 11.9. The quantitative estimate of drug-likeness (QED) is 0.498. The van der Waals surface area contributed by atoms with E-state index in [1.165, 1.54) is 5.56 Å². The summed E-state index contributed by atoms with van der Waals surface area (Å²) in [5.41, 5.74) is 3.13. The number of benzene rings is 2. The Morgan fingerprint density at radius 1 is 1.06 bits per heavy atom. The summed E-state index contributed by atoms with van der Waals surface area (Å²) in [6.07, 6.45) is 4.91. The SMILES string of the molecule is CN1C(=O)c2ccccc2C1CCC(c1ccc(Cl)c(Cl)c1)N1CCC(CCO)CC1.Cl. The van der Waals surface area contributed by atoms with Gasteiger partial charge < -0.3 is 10.0 Å². The van der Waals surface area contributed by atoms with Crippen molar-refractivity contribution in [2.24, 2.45) is 5.92 Å². The lowest BCUT2D eigenvalue weighted by atomic mass is 9.89. The zero-order chi connectivity index (χ0) is 22.0. The van der Waals surface area contributed by atoms with Crippen LogP contribution in [0.25, 0.3) is 0 Å². The van der Waals surface area contributed by atoms with Gasteiger partial charge >= 0.3 is 0 Å². The maximum absolute atomic E-state index is 12.7. The highest BCUT2D eigenvalue weighted by atomic mass is 35.5. The minimum absolute atomic E-state index is 0. The van der Waals surface area contributed by atoms with E-state index in [2.05, 4.69) is 17.0 Å². The molecule has 1 fully saturated rings. The normalized spacial score (nSPS) is 20.2. The highest BCUT2D eigenvalue weighted by Crippen LogP contribution is 2.40. The second-order valence-corrected chi connectivity index (χ2v) is 9.59. The van der Waals surface area contributed by atoms with Crippen LogP contribution in [0.1, 0.15) is 65.7 Å². The summed E-state index contributed by atoms with van der Waals surface area (Å²) >= 11 is 12.6. The number of amides is 1. The minimum atomic E-state index is 0. The zero-order valence-corrected chi connectivity index (χ0v) is 20.7. The van der Waals surface area contributed by atoms with Crippen LogP contribution in [0.3, 0.4) is 0 Å². The molecule has 2 aliphatic rings. The Morgan fingerprint density at radius 3 is 2.47 bits per heavy atom. The molecule has 4 rings (SSSR count). The first kappa shape index (κ1) is 25.3. The molecule has 2 aliphatic heterocycles. The van der Waals surface area contributed by atoms with Crippen molar-refractivity contribution in [3.05, 3.63) is 69.2 Å². The fourth-order valence-corrected chi connectivity index (χ4v) is 5.51. The lowest BCUT2D eigenvalue weighted by molar-refractivity contribution is 0.0743. The lowest BCUT2D eigenvalue weighted by Crippen LogP contribution is -2.37. The Kier molecular flexibility index (Phi) is 8.88. The highest BCUT2D eigenvalue weighted by molar-refractivity contribution is 6.42. The van der Waals surface area contributed by atoms with Crippen LogP contribution in [0.5, 0.6) is 0 Å². The van der Waals surface area contributed by atoms with E-state index in [4.69, 9.17) is 23.2 Å². The van der Waals surface area contributed by atoms with E-state index >= 15 is 0 Å². The van der Waals surface area contributed by atoms with Crippen LogP contribution in [-0.2, 0) is 0 Å². The molecule has 2 atom stereocenters. The van der Waals surface area contributed by atoms with Crippen molar-refractivity contribution in [3.63, 3.8) is 0 Å². The number of aliphatic hydroxyl groups excluding tert-OH is 1. The molecule has 1 amide bonds. The summed E-state index contributed by atoms with van der Waals surface area (Å²) in [6, 6.07) is 14.2. The number of carbonyl (C=O) groups excluding carboxylic acids is 1. The van der Waals surface area contributed by atoms with Gasteiger partial charge in [0.15, 0.2) is 0 Å². The monoisotopic (exact) mass is 496 g/mol. The first-order chi connectivity index (χ1) is 15.0. The number of halogens is 3. The van der Waals surface area contributed by atoms with E-state index < -0.39 is 0 Å². The number of nitrogens with zero attached hydrogens (tertiary/aromatic N) is 2. The van der Waals surface area contributed by atoms with Gasteiger partial charge in [-0.3, -0.25) is 9.69 Å². The van der Waals surface area contributed by atoms with E-state index in [1.807, 2.05) is 42.3 Å². The molecule has 1 N–H and O–H groups in total. The third-order valence-electron chi connectivity index (χ3n) is 7.01. The summed E-state index contributed by atoms with van der Waals surface area (Å²) in [4.78, 5) is 17.1. The van der Waals surface area contributed by atoms with Crippen LogP contribution in [0.4, 0.5) is 0 Å². The number of aliphatic hydroxyl groups is 1. The van der Waals surface area contributed by atoms with Gasteiger partial charge in [0, 0.05) is 25.3 Å². The van der Waals surface area contributed by atoms with Crippen molar-refractivity contribution in [3.8, 4) is 0 Å². The Bertz CT molecular complexity index is 931. The van der Waals surface area contributed by atoms with E-state index in [0.29, 0.717) is 16.0 Å². The number of carbonyl (C=O) groups is 1. The van der Waals surface area contributed by atoms with Crippen LogP contribution in [0.15, 0.2) is 42.5 Å². The molecule has 0 spiro atoms. The van der Waals surface area contributed by atoms with Crippen LogP contribution in [0, 0.1) is 5.92 Å². The van der Waals surface area contributed by atoms with Gasteiger partial charge in [-0.25, -0.2) is 0 Å². The molecular formula is C25H31Cl3N2O2. The van der Waals surface area contributed by atoms with Crippen LogP contribution < -0.4 is 0 Å². The predicted molar refractivity (Wildman–Crippen MR) is 133 cm³/mol. The fourth-order valence-electron chi connectivity index (χ4n) is 5.20. The average molecular weight is 498 g/mol. The third-order valence-corrected chi connectivity index (χ3v) is 7.75. The van der Waals surface area contributed by atoms with E-state index in [9.17, 15) is 9.90 Å². The second kappa shape index (κ2) is 11.2. The smallest absolute Gasteiger partial charge is 0.254 e. The predicted octanol–water partition coefficient (Wildman–Crippen LogP) is 6.16. The minimum Gasteiger partial charge on any atom is -0.396 e. The Morgan fingerprint density at radius 2 is 1.78 bits per heavy atom. The zero-order valence-electron chi connectivity index (χ0n) is 18.3. The molecule has 2 aromatic rings. The summed E-state index contributed by atoms with van der Waals surface area (Å²) in [7, 11) is 1.90. The fraction of sp³-hybridized carbons (Fsp3) is 0.480. The van der Waals surface area contributed by atoms with Crippen molar-refractivity contribution in [2.45, 2.75) is 44.2 Å². The molecule has 0 saturated carbocycles. The van der Waals surface area contributed by atoms with E-state index in [-0.39, 0.29) is 37.0 Å². The highest BCUT2D eigenvalue weighted by Gasteiger charge is 2.35. The molecule has 7 heteroatoms. The average Bonchev–Trinajstić information content (AvgIpc) is 3.02. The molecule has 174 valence electrons. The van der Waals surface area contributed by atoms with Gasteiger partial charge in [-0.1, -0.05) is 47.5 Å². The molecule has 0 aliphatic carbocycles. The van der Waals surface area contributed by atoms with E-state index in [0.717, 1.165) is 56.3 Å². The van der Waals surface area contributed by atoms with Crippen molar-refractivity contribution in [1.82, 2.24) is 9.80 Å². The van der Waals surface area contributed by atoms with Crippen molar-refractivity contribution < 1.29 is 9.90 Å². The van der Waals surface area contributed by atoms with Gasteiger partial charge in [-0.05, 0) is 80.4 Å². The van der Waals surface area contributed by atoms with Gasteiger partial charge in [0.2, 0.25) is 0 Å². The molecule has 2 unspecified atom stereocenters. The van der Waals surface area contributed by atoms with Crippen LogP contribution in [0.2, 0.25) is 10.0 Å². The van der Waals surface area contributed by atoms with Gasteiger partial charge in [0.1, 0.15) is 0 Å². The van der Waals surface area contributed by atoms with Gasteiger partial charge in [0.05, 0.1) is 16.1 Å². The molecule has 2 heterocycles. The number of hydrogen-bond acceptors (Lipinski definition) is 3. The summed E-state index contributed by atoms with van der Waals surface area (Å²) < 4.78 is 0. The Hall–Kier alpha value is -1.30. The molecule has 0 radical (unpaired) electrons. The molecule has 32 heavy (non-hydrogen) atoms. The summed E-state index contributed by atoms with van der Waals surface area (Å²) in [6.45, 7) is 2.28. The van der Waals surface area contributed by atoms with E-state index in [1.54, 1.807) is 0 Å². The molecule has 2 aromatic carbocycles. The summed E-state index contributed by atoms with van der Waals surface area (Å²) in [5.74, 6) is 0.706. The topological polar surface area (TPSA) is 43.8 Å². The third kappa shape index (κ3) is 5.26. The van der Waals surface area contributed by atoms with Gasteiger partial charge in [0.25, 0.3) is 5.91 Å². The van der Waals surface area contributed by atoms with Crippen LogP contribution >= 0.6 is 35.6 Å². The molecular weight excluding hydrogens is 467 g/mol. The number of likely N-dealkylation sites (tertiary alicyclic amines) is 1. The van der Waals surface area contributed by atoms with Crippen molar-refractivity contribution in [1.29, 1.82) is 0 Å². The number of piperidine rings is 1. The lowest BCUT2D eigenvalue weighted by Gasteiger charge is -2.38.